The fourth-order valence-electron chi connectivity index (χ4n) is 6.52. The van der Waals surface area contributed by atoms with Crippen LogP contribution in [-0.2, 0) is 31.4 Å². The van der Waals surface area contributed by atoms with Crippen molar-refractivity contribution in [1.29, 1.82) is 0 Å². The number of nitrogens with one attached hydrogen (secondary N) is 1. The van der Waals surface area contributed by atoms with E-state index in [0.717, 1.165) is 60.6 Å². The molecule has 0 radical (unpaired) electrons. The van der Waals surface area contributed by atoms with Crippen LogP contribution in [0.2, 0.25) is 0 Å². The van der Waals surface area contributed by atoms with Crippen LogP contribution in [0.25, 0.3) is 0 Å². The molecule has 0 bridgehead atoms. The zero-order chi connectivity index (χ0) is 41.4. The molecular weight excluding hydrogens is 808 g/mol. The summed E-state index contributed by atoms with van der Waals surface area (Å²) in [5.41, 5.74) is 3.97. The second-order valence-corrected chi connectivity index (χ2v) is 16.4. The molecule has 57 heavy (non-hydrogen) atoms. The van der Waals surface area contributed by atoms with Crippen LogP contribution in [-0.4, -0.2) is 108 Å². The predicted molar refractivity (Wildman–Crippen MR) is 189 cm³/mol. The van der Waals surface area contributed by atoms with E-state index in [1.807, 2.05) is 0 Å². The first kappa shape index (κ1) is 41.2. The summed E-state index contributed by atoms with van der Waals surface area (Å²) in [7, 11) is -8.09. The number of sulfonamides is 2. The van der Waals surface area contributed by atoms with Gasteiger partial charge in [-0.05, 0) is 76.4 Å². The van der Waals surface area contributed by atoms with Crippen LogP contribution >= 0.6 is 0 Å². The number of carbonyl (C=O) groups is 3. The molecule has 4 aliphatic heterocycles. The lowest BCUT2D eigenvalue weighted by Crippen LogP contribution is -2.37. The number of amides is 3. The summed E-state index contributed by atoms with van der Waals surface area (Å²) in [6.07, 6.45) is -5.44. The summed E-state index contributed by atoms with van der Waals surface area (Å²) in [4.78, 5) is 41.0. The minimum atomic E-state index is -4.80. The molecule has 0 aliphatic carbocycles. The zero-order valence-corrected chi connectivity index (χ0v) is 31.1. The summed E-state index contributed by atoms with van der Waals surface area (Å²) in [6, 6.07) is 10.8. The van der Waals surface area contributed by atoms with Gasteiger partial charge in [-0.3, -0.25) is 9.59 Å². The third kappa shape index (κ3) is 9.76. The van der Waals surface area contributed by atoms with Crippen LogP contribution in [0, 0.1) is 11.6 Å². The van der Waals surface area contributed by atoms with Crippen LogP contribution in [0.5, 0.6) is 5.75 Å². The SMILES string of the molecule is NS(=O)(=O)c1ccc(C(=O)N2CC3=C(CN(C(=O)OCc4ccc(OC(F)(F)F)cc4)C3)C2)c(F)c1.NS(=O)(=O)c1ccc(C(=O)N2CC3=C(CNC3)C2)c(F)c1. The molecule has 3 amide bonds. The van der Waals surface area contributed by atoms with Gasteiger partial charge in [-0.25, -0.2) is 40.7 Å². The lowest BCUT2D eigenvalue weighted by atomic mass is 10.2. The lowest BCUT2D eigenvalue weighted by molar-refractivity contribution is -0.274. The fourth-order valence-corrected chi connectivity index (χ4v) is 7.57. The van der Waals surface area contributed by atoms with Gasteiger partial charge in [0.25, 0.3) is 11.8 Å². The number of ether oxygens (including phenoxy) is 2. The average molecular weight is 841 g/mol. The minimum absolute atomic E-state index is 0.142. The molecule has 22 heteroatoms. The maximum atomic E-state index is 14.4. The predicted octanol–water partition coefficient (Wildman–Crippen LogP) is 2.61. The second kappa shape index (κ2) is 15.8. The van der Waals surface area contributed by atoms with Crippen molar-refractivity contribution in [2.75, 3.05) is 52.4 Å². The number of carbonyl (C=O) groups excluding carboxylic acids is 3. The summed E-state index contributed by atoms with van der Waals surface area (Å²) < 4.78 is 119. The van der Waals surface area contributed by atoms with Gasteiger partial charge in [-0.1, -0.05) is 12.1 Å². The van der Waals surface area contributed by atoms with Gasteiger partial charge in [-0.15, -0.1) is 13.2 Å². The monoisotopic (exact) mass is 840 g/mol. The van der Waals surface area contributed by atoms with E-state index < -0.39 is 66.6 Å². The van der Waals surface area contributed by atoms with Crippen LogP contribution in [0.4, 0.5) is 26.7 Å². The van der Waals surface area contributed by atoms with Gasteiger partial charge in [0.2, 0.25) is 20.0 Å². The van der Waals surface area contributed by atoms with Crippen molar-refractivity contribution in [3.63, 3.8) is 0 Å². The van der Waals surface area contributed by atoms with Crippen molar-refractivity contribution in [1.82, 2.24) is 20.0 Å². The van der Waals surface area contributed by atoms with E-state index in [4.69, 9.17) is 15.0 Å². The summed E-state index contributed by atoms with van der Waals surface area (Å²) >= 11 is 0. The second-order valence-electron chi connectivity index (χ2n) is 13.3. The topological polar surface area (TPSA) is 212 Å². The smallest absolute Gasteiger partial charge is 0.445 e. The minimum Gasteiger partial charge on any atom is -0.445 e. The Bertz CT molecular complexity index is 2390. The third-order valence-corrected chi connectivity index (χ3v) is 11.1. The molecule has 0 aromatic heterocycles. The molecule has 4 heterocycles. The van der Waals surface area contributed by atoms with Crippen molar-refractivity contribution < 1.29 is 62.6 Å². The van der Waals surface area contributed by atoms with Gasteiger partial charge >= 0.3 is 12.5 Å². The van der Waals surface area contributed by atoms with Gasteiger partial charge in [0, 0.05) is 52.4 Å². The Kier molecular flexibility index (Phi) is 11.5. The molecule has 0 saturated carbocycles. The number of nitrogens with zero attached hydrogens (tertiary/aromatic N) is 3. The molecule has 0 spiro atoms. The molecule has 0 atom stereocenters. The number of alkyl halides is 3. The fraction of sp³-hybridized carbons (Fsp3) is 0.286. The highest BCUT2D eigenvalue weighted by Gasteiger charge is 2.36. The summed E-state index contributed by atoms with van der Waals surface area (Å²) in [5, 5.41) is 13.1. The van der Waals surface area contributed by atoms with Crippen molar-refractivity contribution >= 4 is 38.0 Å². The molecule has 7 rings (SSSR count). The Hall–Kier alpha value is -5.42. The van der Waals surface area contributed by atoms with E-state index in [2.05, 4.69) is 10.1 Å². The number of benzene rings is 3. The Morgan fingerprint density at radius 3 is 1.47 bits per heavy atom. The summed E-state index contributed by atoms with van der Waals surface area (Å²) in [5.74, 6) is -3.35. The molecule has 3 aromatic carbocycles. The van der Waals surface area contributed by atoms with Crippen molar-refractivity contribution in [2.24, 2.45) is 10.3 Å². The molecular formula is C35H33F5N6O9S2. The molecule has 5 N–H and O–H groups in total. The van der Waals surface area contributed by atoms with Gasteiger partial charge in [0.05, 0.1) is 20.9 Å². The van der Waals surface area contributed by atoms with Crippen LogP contribution < -0.4 is 20.3 Å². The maximum absolute atomic E-state index is 14.4. The van der Waals surface area contributed by atoms with Crippen molar-refractivity contribution in [3.8, 4) is 5.75 Å². The van der Waals surface area contributed by atoms with Crippen LogP contribution in [0.3, 0.4) is 0 Å². The molecule has 0 saturated heterocycles. The Labute approximate surface area is 322 Å². The molecule has 0 unspecified atom stereocenters. The van der Waals surface area contributed by atoms with Crippen LogP contribution in [0.1, 0.15) is 26.3 Å². The van der Waals surface area contributed by atoms with Gasteiger partial charge in [0.15, 0.2) is 0 Å². The largest absolute Gasteiger partial charge is 0.573 e. The number of primary sulfonamides is 2. The molecule has 304 valence electrons. The highest BCUT2D eigenvalue weighted by molar-refractivity contribution is 7.89. The van der Waals surface area contributed by atoms with Crippen molar-refractivity contribution in [3.05, 3.63) is 111 Å². The third-order valence-electron chi connectivity index (χ3n) is 9.32. The molecule has 15 nitrogen and oxygen atoms in total. The Morgan fingerprint density at radius 1 is 0.649 bits per heavy atom. The first-order valence-electron chi connectivity index (χ1n) is 16.8. The van der Waals surface area contributed by atoms with Crippen LogP contribution in [0.15, 0.2) is 92.7 Å². The molecule has 0 fully saturated rings. The van der Waals surface area contributed by atoms with E-state index in [1.165, 1.54) is 39.1 Å². The lowest BCUT2D eigenvalue weighted by Gasteiger charge is -2.23. The zero-order valence-electron chi connectivity index (χ0n) is 29.5. The number of hydrogen-bond donors (Lipinski definition) is 3. The number of hydrogen-bond acceptors (Lipinski definition) is 10. The maximum Gasteiger partial charge on any atom is 0.573 e. The first-order chi connectivity index (χ1) is 26.7. The Morgan fingerprint density at radius 2 is 1.07 bits per heavy atom. The number of halogens is 5. The first-order valence-corrected chi connectivity index (χ1v) is 19.9. The quantitative estimate of drug-likeness (QED) is 0.234. The van der Waals surface area contributed by atoms with Gasteiger partial charge < -0.3 is 29.5 Å². The van der Waals surface area contributed by atoms with Gasteiger partial charge in [0.1, 0.15) is 24.0 Å². The highest BCUT2D eigenvalue weighted by atomic mass is 32.2. The van der Waals surface area contributed by atoms with Gasteiger partial charge in [-0.2, -0.15) is 0 Å². The average Bonchev–Trinajstić information content (AvgIpc) is 3.91. The number of rotatable bonds is 7. The van der Waals surface area contributed by atoms with E-state index in [-0.39, 0.29) is 48.8 Å². The van der Waals surface area contributed by atoms with E-state index in [1.54, 1.807) is 4.90 Å². The molecule has 4 aliphatic rings. The number of nitrogens with two attached hydrogens (primary N) is 2. The van der Waals surface area contributed by atoms with E-state index in [0.29, 0.717) is 24.7 Å². The van der Waals surface area contributed by atoms with E-state index in [9.17, 15) is 53.2 Å². The standard InChI is InChI=1S/C22H19F4N3O6S.C13H14FN3O3S/c23-19-7-17(36(27,32)33)5-6-18(19)20(30)28-8-14-10-29(11-15(14)9-28)21(31)34-12-13-1-3-16(4-2-13)35-22(24,25)26;14-12-3-10(21(15,19)20)1-2-11(12)13(18)17-6-8-4-16-5-9(8)7-17/h1-7H,8-12H2,(H2,27,32,33);1-3,16H,4-7H2,(H2,15,19,20). The summed E-state index contributed by atoms with van der Waals surface area (Å²) in [6.45, 7) is 3.04. The van der Waals surface area contributed by atoms with E-state index >= 15 is 0 Å². The normalized spacial score (nSPS) is 16.7. The van der Waals surface area contributed by atoms with Crippen molar-refractivity contribution in [2.45, 2.75) is 22.8 Å². The molecule has 3 aromatic rings. The highest BCUT2D eigenvalue weighted by Crippen LogP contribution is 2.29. The Balaban J connectivity index is 0.000000221.